The molecular weight excluding hydrogens is 162 g/mol. The van der Waals surface area contributed by atoms with E-state index in [2.05, 4.69) is 33.5 Å². The summed E-state index contributed by atoms with van der Waals surface area (Å²) in [6.07, 6.45) is 1.92. The molecule has 0 aliphatic carbocycles. The monoisotopic (exact) mass is 175 g/mol. The van der Waals surface area contributed by atoms with Crippen LogP contribution in [-0.4, -0.2) is 17.0 Å². The smallest absolute Gasteiger partial charge is 0.0621 e. The van der Waals surface area contributed by atoms with Crippen LogP contribution in [0.2, 0.25) is 0 Å². The number of aromatic nitrogens is 2. The second kappa shape index (κ2) is 3.49. The average Bonchev–Trinajstić information content (AvgIpc) is 2.70. The molecule has 0 spiro atoms. The van der Waals surface area contributed by atoms with Crippen LogP contribution >= 0.6 is 0 Å². The third kappa shape index (κ3) is 1.65. The lowest BCUT2D eigenvalue weighted by atomic mass is 10.3. The third-order valence-electron chi connectivity index (χ3n) is 2.00. The second-order valence-electron chi connectivity index (χ2n) is 3.01. The molecular formula is C10H13N3. The van der Waals surface area contributed by atoms with Crippen molar-refractivity contribution in [2.45, 2.75) is 6.54 Å². The van der Waals surface area contributed by atoms with E-state index in [0.29, 0.717) is 0 Å². The molecule has 0 fully saturated rings. The Bertz CT molecular complexity index is 359. The van der Waals surface area contributed by atoms with Crippen molar-refractivity contribution in [2.75, 3.05) is 7.05 Å². The molecule has 13 heavy (non-hydrogen) atoms. The van der Waals surface area contributed by atoms with Crippen molar-refractivity contribution >= 4 is 0 Å². The highest BCUT2D eigenvalue weighted by atomic mass is 14.9. The zero-order valence-corrected chi connectivity index (χ0v) is 7.59. The van der Waals surface area contributed by atoms with Crippen LogP contribution in [0.5, 0.6) is 0 Å². The molecule has 0 bridgehead atoms. The van der Waals surface area contributed by atoms with Crippen LogP contribution in [-0.2, 0) is 6.54 Å². The molecule has 2 aromatic rings. The van der Waals surface area contributed by atoms with Crippen LogP contribution in [0, 0.1) is 0 Å². The van der Waals surface area contributed by atoms with Crippen LogP contribution in [0.3, 0.4) is 0 Å². The molecule has 0 aliphatic heterocycles. The van der Waals surface area contributed by atoms with Gasteiger partial charge in [0, 0.05) is 18.4 Å². The van der Waals surface area contributed by atoms with Crippen molar-refractivity contribution < 1.29 is 0 Å². The van der Waals surface area contributed by atoms with Gasteiger partial charge in [-0.1, -0.05) is 0 Å². The Labute approximate surface area is 77.2 Å². The fourth-order valence-corrected chi connectivity index (χ4v) is 1.39. The summed E-state index contributed by atoms with van der Waals surface area (Å²) in [4.78, 5) is 6.48. The normalized spacial score (nSPS) is 10.5. The minimum Gasteiger partial charge on any atom is -0.360 e. The summed E-state index contributed by atoms with van der Waals surface area (Å²) in [5.74, 6) is 0. The highest BCUT2D eigenvalue weighted by molar-refractivity contribution is 5.54. The molecule has 0 aliphatic rings. The van der Waals surface area contributed by atoms with E-state index in [9.17, 15) is 0 Å². The summed E-state index contributed by atoms with van der Waals surface area (Å²) < 4.78 is 0. The summed E-state index contributed by atoms with van der Waals surface area (Å²) in [6.45, 7) is 0.876. The molecule has 0 saturated carbocycles. The van der Waals surface area contributed by atoms with Gasteiger partial charge in [-0.25, -0.2) is 0 Å². The number of aromatic amines is 2. The molecule has 3 nitrogen and oxygen atoms in total. The van der Waals surface area contributed by atoms with Gasteiger partial charge in [-0.15, -0.1) is 0 Å². The Kier molecular flexibility index (Phi) is 2.19. The summed E-state index contributed by atoms with van der Waals surface area (Å²) >= 11 is 0. The maximum Gasteiger partial charge on any atom is 0.0621 e. The minimum atomic E-state index is 0.876. The summed E-state index contributed by atoms with van der Waals surface area (Å²) in [6, 6.07) is 8.22. The Morgan fingerprint density at radius 1 is 1.23 bits per heavy atom. The van der Waals surface area contributed by atoms with Crippen LogP contribution in [0.4, 0.5) is 0 Å². The van der Waals surface area contributed by atoms with Gasteiger partial charge < -0.3 is 15.3 Å². The fourth-order valence-electron chi connectivity index (χ4n) is 1.39. The Balaban J connectivity index is 2.23. The van der Waals surface area contributed by atoms with Gasteiger partial charge in [0.25, 0.3) is 0 Å². The lowest BCUT2D eigenvalue weighted by molar-refractivity contribution is 0.798. The number of hydrogen-bond acceptors (Lipinski definition) is 1. The highest BCUT2D eigenvalue weighted by Crippen LogP contribution is 2.15. The van der Waals surface area contributed by atoms with E-state index in [4.69, 9.17) is 0 Å². The molecule has 0 amide bonds. The van der Waals surface area contributed by atoms with Gasteiger partial charge in [-0.3, -0.25) is 0 Å². The van der Waals surface area contributed by atoms with Crippen LogP contribution < -0.4 is 5.32 Å². The predicted octanol–water partition coefficient (Wildman–Crippen LogP) is 1.73. The van der Waals surface area contributed by atoms with Crippen molar-refractivity contribution in [3.05, 3.63) is 36.2 Å². The second-order valence-corrected chi connectivity index (χ2v) is 3.01. The van der Waals surface area contributed by atoms with Crippen LogP contribution in [0.25, 0.3) is 11.4 Å². The van der Waals surface area contributed by atoms with Gasteiger partial charge in [-0.05, 0) is 31.3 Å². The molecule has 2 heterocycles. The number of H-pyrrole nitrogens is 2. The summed E-state index contributed by atoms with van der Waals surface area (Å²) in [5, 5.41) is 3.10. The molecule has 0 radical (unpaired) electrons. The van der Waals surface area contributed by atoms with Crippen molar-refractivity contribution in [1.82, 2.24) is 15.3 Å². The van der Waals surface area contributed by atoms with Gasteiger partial charge >= 0.3 is 0 Å². The number of rotatable bonds is 3. The quantitative estimate of drug-likeness (QED) is 0.653. The zero-order chi connectivity index (χ0) is 9.10. The first kappa shape index (κ1) is 8.13. The van der Waals surface area contributed by atoms with Crippen LogP contribution in [0.15, 0.2) is 30.5 Å². The summed E-state index contributed by atoms with van der Waals surface area (Å²) in [5.41, 5.74) is 3.46. The molecule has 0 atom stereocenters. The third-order valence-corrected chi connectivity index (χ3v) is 2.00. The molecule has 3 N–H and O–H groups in total. The number of nitrogens with one attached hydrogen (secondary N) is 3. The lowest BCUT2D eigenvalue weighted by Crippen LogP contribution is -2.04. The Morgan fingerprint density at radius 3 is 2.85 bits per heavy atom. The van der Waals surface area contributed by atoms with Gasteiger partial charge in [0.2, 0.25) is 0 Å². The van der Waals surface area contributed by atoms with E-state index in [-0.39, 0.29) is 0 Å². The van der Waals surface area contributed by atoms with E-state index in [0.717, 1.165) is 17.9 Å². The van der Waals surface area contributed by atoms with E-state index >= 15 is 0 Å². The largest absolute Gasteiger partial charge is 0.360 e. The minimum absolute atomic E-state index is 0.876. The van der Waals surface area contributed by atoms with Crippen molar-refractivity contribution in [3.63, 3.8) is 0 Å². The first-order chi connectivity index (χ1) is 6.40. The first-order valence-electron chi connectivity index (χ1n) is 4.36. The zero-order valence-electron chi connectivity index (χ0n) is 7.59. The Hall–Kier alpha value is -1.48. The SMILES string of the molecule is CNCc1ccc(-c2ccc[nH]2)[nH]1. The molecule has 68 valence electrons. The van der Waals surface area contributed by atoms with E-state index in [1.165, 1.54) is 5.69 Å². The lowest BCUT2D eigenvalue weighted by Gasteiger charge is -1.95. The fraction of sp³-hybridized carbons (Fsp3) is 0.200. The summed E-state index contributed by atoms with van der Waals surface area (Å²) in [7, 11) is 1.94. The van der Waals surface area contributed by atoms with E-state index in [1.807, 2.05) is 19.3 Å². The molecule has 2 aromatic heterocycles. The van der Waals surface area contributed by atoms with E-state index in [1.54, 1.807) is 0 Å². The molecule has 0 unspecified atom stereocenters. The van der Waals surface area contributed by atoms with Crippen molar-refractivity contribution in [3.8, 4) is 11.4 Å². The standard InChI is InChI=1S/C10H13N3/c1-11-7-8-4-5-10(13-8)9-3-2-6-12-9/h2-6,11-13H,7H2,1H3. The number of hydrogen-bond donors (Lipinski definition) is 3. The highest BCUT2D eigenvalue weighted by Gasteiger charge is 2.00. The molecule has 2 rings (SSSR count). The molecule has 3 heteroatoms. The molecule has 0 aromatic carbocycles. The Morgan fingerprint density at radius 2 is 2.15 bits per heavy atom. The molecule has 0 saturated heterocycles. The van der Waals surface area contributed by atoms with Crippen molar-refractivity contribution in [1.29, 1.82) is 0 Å². The van der Waals surface area contributed by atoms with Crippen LogP contribution in [0.1, 0.15) is 5.69 Å². The maximum absolute atomic E-state index is 3.32. The maximum atomic E-state index is 3.32. The topological polar surface area (TPSA) is 43.6 Å². The van der Waals surface area contributed by atoms with Gasteiger partial charge in [0.1, 0.15) is 0 Å². The first-order valence-corrected chi connectivity index (χ1v) is 4.36. The van der Waals surface area contributed by atoms with Gasteiger partial charge in [0.15, 0.2) is 0 Å². The van der Waals surface area contributed by atoms with Gasteiger partial charge in [0.05, 0.1) is 11.4 Å². The van der Waals surface area contributed by atoms with E-state index < -0.39 is 0 Å². The van der Waals surface area contributed by atoms with Crippen molar-refractivity contribution in [2.24, 2.45) is 0 Å². The average molecular weight is 175 g/mol. The predicted molar refractivity (Wildman–Crippen MR) is 53.3 cm³/mol. The van der Waals surface area contributed by atoms with Gasteiger partial charge in [-0.2, -0.15) is 0 Å².